The Bertz CT molecular complexity index is 255. The predicted molar refractivity (Wildman–Crippen MR) is 56.6 cm³/mol. The summed E-state index contributed by atoms with van der Waals surface area (Å²) in [5, 5.41) is 2.44. The molecule has 0 aromatic heterocycles. The van der Waals surface area contributed by atoms with Gasteiger partial charge >= 0.3 is 0 Å². The third kappa shape index (κ3) is 6.83. The molecule has 0 radical (unpaired) electrons. The fourth-order valence-corrected chi connectivity index (χ4v) is 1.07. The van der Waals surface area contributed by atoms with Crippen LogP contribution in [-0.4, -0.2) is 36.8 Å². The average molecular weight is 228 g/mol. The number of carbonyl (C=O) groups is 4. The van der Waals surface area contributed by atoms with E-state index in [1.54, 1.807) is 0 Å². The van der Waals surface area contributed by atoms with E-state index in [1.807, 2.05) is 0 Å². The molecular weight excluding hydrogens is 212 g/mol. The Morgan fingerprint density at radius 2 is 1.88 bits per heavy atom. The Balaban J connectivity index is 3.86. The van der Waals surface area contributed by atoms with Gasteiger partial charge in [-0.1, -0.05) is 0 Å². The van der Waals surface area contributed by atoms with Crippen LogP contribution in [0.25, 0.3) is 0 Å². The number of rotatable bonds is 9. The first-order valence-electron chi connectivity index (χ1n) is 5.03. The summed E-state index contributed by atoms with van der Waals surface area (Å²) in [6, 6.07) is -1.31. The second kappa shape index (κ2) is 8.72. The first kappa shape index (κ1) is 14.4. The lowest BCUT2D eigenvalue weighted by atomic mass is 10.1. The zero-order valence-electron chi connectivity index (χ0n) is 8.93. The molecule has 0 aromatic carbocycles. The van der Waals surface area contributed by atoms with E-state index in [4.69, 9.17) is 5.73 Å². The standard InChI is InChI=1S/C10H16N2O4/c11-8(6-14)3-4-10(16)12-9(7-15)2-1-5-13/h5-9H,1-4,11H2,(H,12,16). The van der Waals surface area contributed by atoms with Crippen molar-refractivity contribution in [2.24, 2.45) is 5.73 Å². The lowest BCUT2D eigenvalue weighted by Gasteiger charge is -2.11. The molecule has 16 heavy (non-hydrogen) atoms. The molecule has 2 atom stereocenters. The fraction of sp³-hybridized carbons (Fsp3) is 0.600. The zero-order chi connectivity index (χ0) is 12.4. The fourth-order valence-electron chi connectivity index (χ4n) is 1.07. The summed E-state index contributed by atoms with van der Waals surface area (Å²) in [4.78, 5) is 42.1. The zero-order valence-corrected chi connectivity index (χ0v) is 8.93. The van der Waals surface area contributed by atoms with Gasteiger partial charge in [0.05, 0.1) is 12.1 Å². The van der Waals surface area contributed by atoms with Gasteiger partial charge in [-0.2, -0.15) is 0 Å². The van der Waals surface area contributed by atoms with E-state index in [0.717, 1.165) is 0 Å². The molecule has 0 rings (SSSR count). The highest BCUT2D eigenvalue weighted by atomic mass is 16.2. The molecule has 0 aliphatic rings. The van der Waals surface area contributed by atoms with Crippen molar-refractivity contribution >= 4 is 24.8 Å². The van der Waals surface area contributed by atoms with Crippen LogP contribution in [0.2, 0.25) is 0 Å². The minimum absolute atomic E-state index is 0.0886. The van der Waals surface area contributed by atoms with Crippen LogP contribution in [0.15, 0.2) is 0 Å². The molecule has 0 aliphatic heterocycles. The van der Waals surface area contributed by atoms with Crippen molar-refractivity contribution in [3.63, 3.8) is 0 Å². The third-order valence-electron chi connectivity index (χ3n) is 1.99. The molecule has 0 aliphatic carbocycles. The highest BCUT2D eigenvalue weighted by Crippen LogP contribution is 1.96. The smallest absolute Gasteiger partial charge is 0.220 e. The summed E-state index contributed by atoms with van der Waals surface area (Å²) in [5.74, 6) is -0.347. The highest BCUT2D eigenvalue weighted by molar-refractivity contribution is 5.80. The molecule has 1 amide bonds. The summed E-state index contributed by atoms with van der Waals surface area (Å²) in [6.45, 7) is 0. The largest absolute Gasteiger partial charge is 0.347 e. The molecule has 0 saturated heterocycles. The van der Waals surface area contributed by atoms with Gasteiger partial charge in [0.1, 0.15) is 18.9 Å². The highest BCUT2D eigenvalue weighted by Gasteiger charge is 2.11. The number of hydrogen-bond acceptors (Lipinski definition) is 5. The van der Waals surface area contributed by atoms with E-state index in [-0.39, 0.29) is 25.2 Å². The summed E-state index contributed by atoms with van der Waals surface area (Å²) in [7, 11) is 0. The van der Waals surface area contributed by atoms with Crippen LogP contribution in [0.3, 0.4) is 0 Å². The maximum absolute atomic E-state index is 11.3. The van der Waals surface area contributed by atoms with E-state index in [1.165, 1.54) is 0 Å². The van der Waals surface area contributed by atoms with Crippen molar-refractivity contribution in [3.05, 3.63) is 0 Å². The maximum atomic E-state index is 11.3. The Morgan fingerprint density at radius 3 is 2.38 bits per heavy atom. The first-order chi connectivity index (χ1) is 7.63. The van der Waals surface area contributed by atoms with Crippen molar-refractivity contribution in [1.82, 2.24) is 5.32 Å². The minimum atomic E-state index is -0.657. The molecule has 6 nitrogen and oxygen atoms in total. The Labute approximate surface area is 93.6 Å². The summed E-state index contributed by atoms with van der Waals surface area (Å²) in [5.41, 5.74) is 5.30. The molecule has 3 N–H and O–H groups in total. The second-order valence-corrected chi connectivity index (χ2v) is 3.39. The topological polar surface area (TPSA) is 106 Å². The quantitative estimate of drug-likeness (QED) is 0.490. The predicted octanol–water partition coefficient (Wildman–Crippen LogP) is -1.04. The summed E-state index contributed by atoms with van der Waals surface area (Å²) >= 11 is 0. The van der Waals surface area contributed by atoms with Gasteiger partial charge < -0.3 is 25.4 Å². The average Bonchev–Trinajstić information content (AvgIpc) is 2.31. The van der Waals surface area contributed by atoms with E-state index in [2.05, 4.69) is 5.32 Å². The lowest BCUT2D eigenvalue weighted by Crippen LogP contribution is -2.37. The summed E-state index contributed by atoms with van der Waals surface area (Å²) in [6.07, 6.45) is 2.68. The Kier molecular flexibility index (Phi) is 7.87. The molecule has 0 spiro atoms. The van der Waals surface area contributed by atoms with Crippen LogP contribution in [-0.2, 0) is 19.2 Å². The van der Waals surface area contributed by atoms with Gasteiger partial charge in [0.15, 0.2) is 0 Å². The van der Waals surface area contributed by atoms with Crippen LogP contribution >= 0.6 is 0 Å². The van der Waals surface area contributed by atoms with Crippen molar-refractivity contribution in [2.75, 3.05) is 0 Å². The first-order valence-corrected chi connectivity index (χ1v) is 5.03. The van der Waals surface area contributed by atoms with Gasteiger partial charge in [0.25, 0.3) is 0 Å². The summed E-state index contributed by atoms with van der Waals surface area (Å²) < 4.78 is 0. The Hall–Kier alpha value is -1.56. The number of nitrogens with one attached hydrogen (secondary N) is 1. The van der Waals surface area contributed by atoms with Crippen LogP contribution in [0.1, 0.15) is 25.7 Å². The van der Waals surface area contributed by atoms with Gasteiger partial charge in [-0.05, 0) is 12.8 Å². The van der Waals surface area contributed by atoms with Crippen LogP contribution in [0.4, 0.5) is 0 Å². The molecule has 0 saturated carbocycles. The monoisotopic (exact) mass is 228 g/mol. The number of nitrogens with two attached hydrogens (primary N) is 1. The second-order valence-electron chi connectivity index (χ2n) is 3.39. The SMILES string of the molecule is NC(C=O)CCC(=O)NC(C=O)CCC=O. The molecule has 2 unspecified atom stereocenters. The number of amides is 1. The van der Waals surface area contributed by atoms with E-state index >= 15 is 0 Å². The van der Waals surface area contributed by atoms with Gasteiger partial charge in [0.2, 0.25) is 5.91 Å². The third-order valence-corrected chi connectivity index (χ3v) is 1.99. The van der Waals surface area contributed by atoms with E-state index in [0.29, 0.717) is 25.3 Å². The number of aldehydes is 3. The molecule has 6 heteroatoms. The van der Waals surface area contributed by atoms with Crippen LogP contribution in [0.5, 0.6) is 0 Å². The van der Waals surface area contributed by atoms with Gasteiger partial charge in [-0.15, -0.1) is 0 Å². The van der Waals surface area contributed by atoms with Crippen LogP contribution < -0.4 is 11.1 Å². The normalized spacial score (nSPS) is 13.6. The van der Waals surface area contributed by atoms with Gasteiger partial charge in [-0.3, -0.25) is 4.79 Å². The molecule has 0 heterocycles. The molecule has 0 bridgehead atoms. The van der Waals surface area contributed by atoms with Gasteiger partial charge in [-0.25, -0.2) is 0 Å². The minimum Gasteiger partial charge on any atom is -0.347 e. The lowest BCUT2D eigenvalue weighted by molar-refractivity contribution is -0.124. The molecule has 0 aromatic rings. The number of carbonyl (C=O) groups excluding carboxylic acids is 4. The van der Waals surface area contributed by atoms with Gasteiger partial charge in [0, 0.05) is 12.8 Å². The molecular formula is C10H16N2O4. The van der Waals surface area contributed by atoms with Crippen molar-refractivity contribution in [2.45, 2.75) is 37.8 Å². The number of hydrogen-bond donors (Lipinski definition) is 2. The molecule has 90 valence electrons. The van der Waals surface area contributed by atoms with Crippen molar-refractivity contribution < 1.29 is 19.2 Å². The molecule has 0 fully saturated rings. The van der Waals surface area contributed by atoms with Crippen LogP contribution in [0, 0.1) is 0 Å². The Morgan fingerprint density at radius 1 is 1.19 bits per heavy atom. The maximum Gasteiger partial charge on any atom is 0.220 e. The van der Waals surface area contributed by atoms with Crippen molar-refractivity contribution in [1.29, 1.82) is 0 Å². The van der Waals surface area contributed by atoms with Crippen molar-refractivity contribution in [3.8, 4) is 0 Å². The van der Waals surface area contributed by atoms with E-state index < -0.39 is 12.1 Å². The van der Waals surface area contributed by atoms with E-state index in [9.17, 15) is 19.2 Å².